The smallest absolute Gasteiger partial charge is 0.125 e. The molecule has 0 saturated heterocycles. The Kier molecular flexibility index (Phi) is 4.48. The van der Waals surface area contributed by atoms with Crippen molar-refractivity contribution in [2.24, 2.45) is 5.73 Å². The van der Waals surface area contributed by atoms with Gasteiger partial charge in [-0.3, -0.25) is 0 Å². The largest absolute Gasteiger partial charge is 0.488 e. The third-order valence-electron chi connectivity index (χ3n) is 2.62. The van der Waals surface area contributed by atoms with Crippen molar-refractivity contribution in [3.63, 3.8) is 0 Å². The Hall–Kier alpha value is -1.22. The minimum absolute atomic E-state index is 0.345. The predicted octanol–water partition coefficient (Wildman–Crippen LogP) is 4.03. The number of benzene rings is 2. The molecule has 0 amide bonds. The first kappa shape index (κ1) is 13.2. The van der Waals surface area contributed by atoms with Crippen LogP contribution in [0.15, 0.2) is 42.5 Å². The average Bonchev–Trinajstić information content (AvgIpc) is 2.38. The first-order valence-corrected chi connectivity index (χ1v) is 6.31. The molecule has 0 radical (unpaired) electrons. The molecule has 2 nitrogen and oxygen atoms in total. The quantitative estimate of drug-likeness (QED) is 0.918. The number of rotatable bonds is 4. The van der Waals surface area contributed by atoms with Crippen LogP contribution in [0.3, 0.4) is 0 Å². The van der Waals surface area contributed by atoms with Crippen LogP contribution in [0.1, 0.15) is 11.1 Å². The van der Waals surface area contributed by atoms with E-state index < -0.39 is 0 Å². The van der Waals surface area contributed by atoms with E-state index in [0.717, 1.165) is 11.1 Å². The third-order valence-corrected chi connectivity index (χ3v) is 3.34. The Morgan fingerprint density at radius 2 is 1.67 bits per heavy atom. The fourth-order valence-corrected chi connectivity index (χ4v) is 2.08. The van der Waals surface area contributed by atoms with Gasteiger partial charge in [-0.2, -0.15) is 0 Å². The van der Waals surface area contributed by atoms with E-state index in [-0.39, 0.29) is 0 Å². The summed E-state index contributed by atoms with van der Waals surface area (Å²) in [4.78, 5) is 0. The molecule has 0 heterocycles. The van der Waals surface area contributed by atoms with Gasteiger partial charge in [0.05, 0.1) is 0 Å². The number of ether oxygens (including phenoxy) is 1. The summed E-state index contributed by atoms with van der Waals surface area (Å²) < 4.78 is 5.73. The lowest BCUT2D eigenvalue weighted by Gasteiger charge is -2.12. The molecule has 94 valence electrons. The maximum absolute atomic E-state index is 6.06. The van der Waals surface area contributed by atoms with Crippen molar-refractivity contribution in [1.29, 1.82) is 0 Å². The molecule has 2 N–H and O–H groups in total. The van der Waals surface area contributed by atoms with Crippen LogP contribution < -0.4 is 10.5 Å². The van der Waals surface area contributed by atoms with E-state index in [1.165, 1.54) is 0 Å². The van der Waals surface area contributed by atoms with Crippen LogP contribution in [0.2, 0.25) is 10.0 Å². The first-order valence-electron chi connectivity index (χ1n) is 5.56. The second-order valence-electron chi connectivity index (χ2n) is 3.80. The molecule has 0 aliphatic rings. The van der Waals surface area contributed by atoms with E-state index in [1.807, 2.05) is 36.4 Å². The van der Waals surface area contributed by atoms with E-state index in [9.17, 15) is 0 Å². The van der Waals surface area contributed by atoms with Gasteiger partial charge >= 0.3 is 0 Å². The lowest BCUT2D eigenvalue weighted by molar-refractivity contribution is 0.303. The zero-order chi connectivity index (χ0) is 13.0. The zero-order valence-corrected chi connectivity index (χ0v) is 11.2. The van der Waals surface area contributed by atoms with E-state index in [2.05, 4.69) is 0 Å². The summed E-state index contributed by atoms with van der Waals surface area (Å²) in [5.74, 6) is 0.699. The number of halogens is 2. The summed E-state index contributed by atoms with van der Waals surface area (Å²) in [5.41, 5.74) is 7.40. The van der Waals surface area contributed by atoms with Crippen LogP contribution in [-0.2, 0) is 13.2 Å². The first-order chi connectivity index (χ1) is 8.72. The Morgan fingerprint density at radius 1 is 0.944 bits per heavy atom. The van der Waals surface area contributed by atoms with Crippen molar-refractivity contribution in [3.8, 4) is 5.75 Å². The van der Waals surface area contributed by atoms with E-state index in [1.54, 1.807) is 6.07 Å². The molecule has 0 spiro atoms. The molecule has 2 aromatic carbocycles. The van der Waals surface area contributed by atoms with Crippen molar-refractivity contribution in [3.05, 3.63) is 63.6 Å². The fraction of sp³-hybridized carbons (Fsp3) is 0.143. The third kappa shape index (κ3) is 2.96. The highest BCUT2D eigenvalue weighted by molar-refractivity contribution is 6.31. The normalized spacial score (nSPS) is 10.4. The van der Waals surface area contributed by atoms with Crippen LogP contribution in [0, 0.1) is 0 Å². The predicted molar refractivity (Wildman–Crippen MR) is 75.1 cm³/mol. The summed E-state index contributed by atoms with van der Waals surface area (Å²) in [5, 5.41) is 1.31. The minimum Gasteiger partial charge on any atom is -0.488 e. The maximum atomic E-state index is 6.06. The van der Waals surface area contributed by atoms with E-state index >= 15 is 0 Å². The fourth-order valence-electron chi connectivity index (χ4n) is 1.64. The number of hydrogen-bond acceptors (Lipinski definition) is 2. The van der Waals surface area contributed by atoms with Crippen molar-refractivity contribution in [2.75, 3.05) is 0 Å². The Balaban J connectivity index is 2.16. The minimum atomic E-state index is 0.345. The molecule has 2 aromatic rings. The zero-order valence-electron chi connectivity index (χ0n) is 9.70. The van der Waals surface area contributed by atoms with Gasteiger partial charge in [0.25, 0.3) is 0 Å². The summed E-state index contributed by atoms with van der Waals surface area (Å²) in [6.07, 6.45) is 0. The second kappa shape index (κ2) is 6.10. The molecule has 0 aliphatic heterocycles. The van der Waals surface area contributed by atoms with Crippen molar-refractivity contribution in [2.45, 2.75) is 13.2 Å². The van der Waals surface area contributed by atoms with Gasteiger partial charge < -0.3 is 10.5 Å². The summed E-state index contributed by atoms with van der Waals surface area (Å²) >= 11 is 12.1. The van der Waals surface area contributed by atoms with Crippen LogP contribution in [0.25, 0.3) is 0 Å². The molecule has 18 heavy (non-hydrogen) atoms. The molecule has 0 unspecified atom stereocenters. The van der Waals surface area contributed by atoms with Gasteiger partial charge in [-0.1, -0.05) is 47.5 Å². The Morgan fingerprint density at radius 3 is 2.39 bits per heavy atom. The molecule has 0 aromatic heterocycles. The molecule has 0 bridgehead atoms. The molecule has 2 rings (SSSR count). The lowest BCUT2D eigenvalue weighted by atomic mass is 10.2. The van der Waals surface area contributed by atoms with E-state index in [0.29, 0.717) is 28.9 Å². The molecule has 0 aliphatic carbocycles. The highest BCUT2D eigenvalue weighted by Gasteiger charge is 2.07. The van der Waals surface area contributed by atoms with Crippen molar-refractivity contribution < 1.29 is 4.74 Å². The monoisotopic (exact) mass is 281 g/mol. The topological polar surface area (TPSA) is 35.2 Å². The lowest BCUT2D eigenvalue weighted by Crippen LogP contribution is -2.03. The number of nitrogens with two attached hydrogens (primary N) is 1. The second-order valence-corrected chi connectivity index (χ2v) is 4.62. The van der Waals surface area contributed by atoms with Gasteiger partial charge in [0.1, 0.15) is 12.4 Å². The van der Waals surface area contributed by atoms with Gasteiger partial charge in [-0.25, -0.2) is 0 Å². The summed E-state index contributed by atoms with van der Waals surface area (Å²) in [7, 11) is 0. The molecular weight excluding hydrogens is 269 g/mol. The average molecular weight is 282 g/mol. The Labute approximate surface area is 116 Å². The van der Waals surface area contributed by atoms with Crippen molar-refractivity contribution in [1.82, 2.24) is 0 Å². The molecule has 0 fully saturated rings. The maximum Gasteiger partial charge on any atom is 0.125 e. The van der Waals surface area contributed by atoms with E-state index in [4.69, 9.17) is 33.7 Å². The highest BCUT2D eigenvalue weighted by Crippen LogP contribution is 2.27. The SMILES string of the molecule is NCc1c(Cl)cccc1OCc1ccccc1Cl. The van der Waals surface area contributed by atoms with Crippen LogP contribution >= 0.6 is 23.2 Å². The highest BCUT2D eigenvalue weighted by atomic mass is 35.5. The molecule has 0 atom stereocenters. The standard InChI is InChI=1S/C14H13Cl2NO/c15-12-5-2-1-4-10(12)9-18-14-7-3-6-13(16)11(14)8-17/h1-7H,8-9,17H2. The molecule has 4 heteroatoms. The van der Waals surface area contributed by atoms with Gasteiger partial charge in [-0.05, 0) is 18.2 Å². The van der Waals surface area contributed by atoms with Gasteiger partial charge in [0, 0.05) is 27.7 Å². The van der Waals surface area contributed by atoms with Crippen LogP contribution in [-0.4, -0.2) is 0 Å². The Bertz CT molecular complexity index is 543. The van der Waals surface area contributed by atoms with Gasteiger partial charge in [0.2, 0.25) is 0 Å². The molecular formula is C14H13Cl2NO. The van der Waals surface area contributed by atoms with Gasteiger partial charge in [-0.15, -0.1) is 0 Å². The van der Waals surface area contributed by atoms with Gasteiger partial charge in [0.15, 0.2) is 0 Å². The van der Waals surface area contributed by atoms with Crippen molar-refractivity contribution >= 4 is 23.2 Å². The van der Waals surface area contributed by atoms with Crippen LogP contribution in [0.5, 0.6) is 5.75 Å². The number of hydrogen-bond donors (Lipinski definition) is 1. The summed E-state index contributed by atoms with van der Waals surface area (Å²) in [6.45, 7) is 0.741. The van der Waals surface area contributed by atoms with Crippen LogP contribution in [0.4, 0.5) is 0 Å². The molecule has 0 saturated carbocycles. The summed E-state index contributed by atoms with van der Waals surface area (Å²) in [6, 6.07) is 13.1.